The fraction of sp³-hybridized carbons (Fsp3) is 0.971. The summed E-state index contributed by atoms with van der Waals surface area (Å²) in [6.45, 7) is 6.76. The van der Waals surface area contributed by atoms with E-state index < -0.39 is 0 Å². The molecule has 0 bridgehead atoms. The first-order chi connectivity index (χ1) is 18.6. The molecule has 0 aliphatic rings. The summed E-state index contributed by atoms with van der Waals surface area (Å²) in [5.41, 5.74) is 0. The molecule has 0 aromatic carbocycles. The number of carbonyl (C=O) groups excluding carboxylic acids is 1. The van der Waals surface area contributed by atoms with Crippen LogP contribution in [0.15, 0.2) is 0 Å². The number of ether oxygens (including phenoxy) is 1. The van der Waals surface area contributed by atoms with E-state index in [1.54, 1.807) is 0 Å². The molecular weight excluding hydrogens is 468 g/mol. The van der Waals surface area contributed by atoms with Gasteiger partial charge in [-0.25, -0.2) is 0 Å². The van der Waals surface area contributed by atoms with Gasteiger partial charge in [0.05, 0.1) is 6.10 Å². The summed E-state index contributed by atoms with van der Waals surface area (Å²) in [7, 11) is 0. The largest absolute Gasteiger partial charge is 0.462 e. The van der Waals surface area contributed by atoms with Crippen molar-refractivity contribution in [3.05, 3.63) is 0 Å². The van der Waals surface area contributed by atoms with Gasteiger partial charge < -0.3 is 9.84 Å². The third kappa shape index (κ3) is 28.4. The predicted octanol–water partition coefficient (Wildman–Crippen LogP) is 11.6. The topological polar surface area (TPSA) is 46.5 Å². The molecule has 228 valence electrons. The molecule has 0 aromatic rings. The Hall–Kier alpha value is -0.570. The van der Waals surface area contributed by atoms with Gasteiger partial charge >= 0.3 is 5.97 Å². The zero-order valence-corrected chi connectivity index (χ0v) is 26.4. The summed E-state index contributed by atoms with van der Waals surface area (Å²) < 4.78 is 5.96. The normalized spacial score (nSPS) is 13.1. The summed E-state index contributed by atoms with van der Waals surface area (Å²) in [5.74, 6) is 0.0401. The minimum absolute atomic E-state index is 0.0401. The summed E-state index contributed by atoms with van der Waals surface area (Å²) in [6, 6.07) is 0. The average molecular weight is 539 g/mol. The molecule has 2 unspecified atom stereocenters. The van der Waals surface area contributed by atoms with Crippen molar-refractivity contribution in [1.29, 1.82) is 0 Å². The Bertz CT molecular complexity index is 464. The highest BCUT2D eigenvalue weighted by molar-refractivity contribution is 5.69. The van der Waals surface area contributed by atoms with Gasteiger partial charge in [0.1, 0.15) is 6.10 Å². The van der Waals surface area contributed by atoms with Crippen molar-refractivity contribution >= 4 is 5.97 Å². The van der Waals surface area contributed by atoms with E-state index in [0.717, 1.165) is 38.5 Å². The van der Waals surface area contributed by atoms with Gasteiger partial charge in [-0.1, -0.05) is 156 Å². The predicted molar refractivity (Wildman–Crippen MR) is 167 cm³/mol. The molecule has 0 amide bonds. The van der Waals surface area contributed by atoms with Crippen LogP contribution in [0.25, 0.3) is 0 Å². The maximum atomic E-state index is 12.5. The third-order valence-electron chi connectivity index (χ3n) is 8.12. The molecule has 0 heterocycles. The van der Waals surface area contributed by atoms with Crippen molar-refractivity contribution in [3.8, 4) is 0 Å². The molecule has 1 N–H and O–H groups in total. The maximum Gasteiger partial charge on any atom is 0.306 e. The smallest absolute Gasteiger partial charge is 0.306 e. The molecule has 0 saturated heterocycles. The van der Waals surface area contributed by atoms with E-state index in [0.29, 0.717) is 6.42 Å². The van der Waals surface area contributed by atoms with Crippen LogP contribution in [-0.2, 0) is 9.53 Å². The van der Waals surface area contributed by atoms with Gasteiger partial charge in [0.15, 0.2) is 0 Å². The van der Waals surface area contributed by atoms with Crippen molar-refractivity contribution in [2.24, 2.45) is 0 Å². The van der Waals surface area contributed by atoms with Crippen LogP contribution in [0.3, 0.4) is 0 Å². The fourth-order valence-electron chi connectivity index (χ4n) is 5.47. The molecule has 0 rings (SSSR count). The van der Waals surface area contributed by atoms with Crippen LogP contribution in [0.5, 0.6) is 0 Å². The van der Waals surface area contributed by atoms with Gasteiger partial charge in [-0.2, -0.15) is 0 Å². The lowest BCUT2D eigenvalue weighted by Gasteiger charge is -2.18. The van der Waals surface area contributed by atoms with Crippen LogP contribution in [0, 0.1) is 0 Å². The summed E-state index contributed by atoms with van der Waals surface area (Å²) >= 11 is 0. The van der Waals surface area contributed by atoms with Gasteiger partial charge in [-0.05, 0) is 44.9 Å². The van der Waals surface area contributed by atoms with Crippen LogP contribution in [0.2, 0.25) is 0 Å². The van der Waals surface area contributed by atoms with E-state index in [9.17, 15) is 9.90 Å². The lowest BCUT2D eigenvalue weighted by atomic mass is 10.0. The Balaban J connectivity index is 3.79. The highest BCUT2D eigenvalue weighted by Gasteiger charge is 2.14. The van der Waals surface area contributed by atoms with Crippen molar-refractivity contribution < 1.29 is 14.6 Å². The number of unbranched alkanes of at least 4 members (excludes halogenated alkanes) is 20. The van der Waals surface area contributed by atoms with Crippen LogP contribution in [0.1, 0.15) is 207 Å². The van der Waals surface area contributed by atoms with Crippen LogP contribution >= 0.6 is 0 Å². The Kier molecular flexibility index (Phi) is 30.5. The first-order valence-electron chi connectivity index (χ1n) is 17.5. The van der Waals surface area contributed by atoms with Gasteiger partial charge in [-0.3, -0.25) is 4.79 Å². The van der Waals surface area contributed by atoms with E-state index in [1.807, 2.05) is 0 Å². The Labute approximate surface area is 239 Å². The van der Waals surface area contributed by atoms with E-state index in [4.69, 9.17) is 4.74 Å². The molecule has 0 aliphatic heterocycles. The van der Waals surface area contributed by atoms with Crippen molar-refractivity contribution in [3.63, 3.8) is 0 Å². The molecule has 0 aromatic heterocycles. The molecule has 2 atom stereocenters. The average Bonchev–Trinajstić information content (AvgIpc) is 2.91. The molecule has 3 nitrogen and oxygen atoms in total. The highest BCUT2D eigenvalue weighted by Crippen LogP contribution is 2.18. The van der Waals surface area contributed by atoms with E-state index >= 15 is 0 Å². The lowest BCUT2D eigenvalue weighted by Crippen LogP contribution is -2.18. The number of aliphatic hydroxyl groups excluding tert-OH is 1. The number of carbonyl (C=O) groups is 1. The minimum atomic E-state index is -0.0807. The van der Waals surface area contributed by atoms with E-state index in [-0.39, 0.29) is 18.2 Å². The first-order valence-corrected chi connectivity index (χ1v) is 17.5. The summed E-state index contributed by atoms with van der Waals surface area (Å²) in [4.78, 5) is 12.5. The van der Waals surface area contributed by atoms with E-state index in [2.05, 4.69) is 20.8 Å². The standard InChI is InChI=1S/C35H70O3/c1-4-7-10-13-14-18-21-26-31-34(30-25-12-9-6-3)38-35(37)32-27-22-19-16-15-17-20-24-29-33(36)28-23-11-8-5-2/h33-34,36H,4-32H2,1-3H3. The number of hydrogen-bond acceptors (Lipinski definition) is 3. The molecule has 0 aliphatic carbocycles. The molecule has 0 fully saturated rings. The van der Waals surface area contributed by atoms with Crippen molar-refractivity contribution in [2.45, 2.75) is 219 Å². The monoisotopic (exact) mass is 539 g/mol. The Morgan fingerprint density at radius 2 is 0.789 bits per heavy atom. The molecule has 0 spiro atoms. The number of esters is 1. The minimum Gasteiger partial charge on any atom is -0.462 e. The third-order valence-corrected chi connectivity index (χ3v) is 8.12. The Morgan fingerprint density at radius 3 is 1.21 bits per heavy atom. The molecule has 38 heavy (non-hydrogen) atoms. The number of aliphatic hydroxyl groups is 1. The Morgan fingerprint density at radius 1 is 0.474 bits per heavy atom. The second kappa shape index (κ2) is 31.0. The second-order valence-electron chi connectivity index (χ2n) is 12.1. The number of rotatable bonds is 31. The zero-order valence-electron chi connectivity index (χ0n) is 26.4. The lowest BCUT2D eigenvalue weighted by molar-refractivity contribution is -0.150. The van der Waals surface area contributed by atoms with Crippen LogP contribution in [0.4, 0.5) is 0 Å². The second-order valence-corrected chi connectivity index (χ2v) is 12.1. The molecule has 0 saturated carbocycles. The summed E-state index contributed by atoms with van der Waals surface area (Å²) in [5, 5.41) is 10.1. The van der Waals surface area contributed by atoms with Gasteiger partial charge in [-0.15, -0.1) is 0 Å². The van der Waals surface area contributed by atoms with Gasteiger partial charge in [0, 0.05) is 6.42 Å². The van der Waals surface area contributed by atoms with Crippen LogP contribution in [-0.4, -0.2) is 23.3 Å². The fourth-order valence-corrected chi connectivity index (χ4v) is 5.47. The van der Waals surface area contributed by atoms with E-state index in [1.165, 1.54) is 141 Å². The first kappa shape index (κ1) is 37.4. The molecular formula is C35H70O3. The zero-order chi connectivity index (χ0) is 27.9. The highest BCUT2D eigenvalue weighted by atomic mass is 16.5. The van der Waals surface area contributed by atoms with Gasteiger partial charge in [0.25, 0.3) is 0 Å². The van der Waals surface area contributed by atoms with Crippen molar-refractivity contribution in [1.82, 2.24) is 0 Å². The van der Waals surface area contributed by atoms with Crippen molar-refractivity contribution in [2.75, 3.05) is 0 Å². The molecule has 3 heteroatoms. The quantitative estimate of drug-likeness (QED) is 0.0705. The van der Waals surface area contributed by atoms with Gasteiger partial charge in [0.2, 0.25) is 0 Å². The molecule has 0 radical (unpaired) electrons. The van der Waals surface area contributed by atoms with Crippen LogP contribution < -0.4 is 0 Å². The number of hydrogen-bond donors (Lipinski definition) is 1. The maximum absolute atomic E-state index is 12.5. The summed E-state index contributed by atoms with van der Waals surface area (Å²) in [6.07, 6.45) is 35.0. The SMILES string of the molecule is CCCCCCCCCCC(CCCCCC)OC(=O)CCCCCCCCCCC(O)CCCCCC.